The summed E-state index contributed by atoms with van der Waals surface area (Å²) in [6.45, 7) is 4.90. The van der Waals surface area contributed by atoms with E-state index in [-0.39, 0.29) is 11.9 Å². The predicted molar refractivity (Wildman–Crippen MR) is 77.7 cm³/mol. The quantitative estimate of drug-likeness (QED) is 0.882. The van der Waals surface area contributed by atoms with Gasteiger partial charge in [0, 0.05) is 0 Å². The molecule has 0 bridgehead atoms. The van der Waals surface area contributed by atoms with Crippen molar-refractivity contribution in [1.29, 1.82) is 0 Å². The Morgan fingerprint density at radius 1 is 1.37 bits per heavy atom. The molecule has 1 aromatic carbocycles. The zero-order valence-electron chi connectivity index (χ0n) is 11.0. The van der Waals surface area contributed by atoms with Crippen molar-refractivity contribution in [3.05, 3.63) is 57.7 Å². The molecule has 1 atom stereocenters. The van der Waals surface area contributed by atoms with E-state index in [2.05, 4.69) is 21.2 Å². The molecule has 0 amide bonds. The smallest absolute Gasteiger partial charge is 0.137 e. The van der Waals surface area contributed by atoms with Gasteiger partial charge in [0.05, 0.1) is 16.8 Å². The lowest BCUT2D eigenvalue weighted by molar-refractivity contribution is 0.413. The van der Waals surface area contributed by atoms with E-state index < -0.39 is 0 Å². The Bertz CT molecular complexity index is 553. The standard InChI is InChI=1S/C15H17BrFNO/c1-3-18-13(15-10(2)7-8-19-15)9-11-5-4-6-12(17)14(11)16/h4-8,13,18H,3,9H2,1-2H3. The molecule has 2 nitrogen and oxygen atoms in total. The van der Waals surface area contributed by atoms with Gasteiger partial charge in [-0.2, -0.15) is 0 Å². The van der Waals surface area contributed by atoms with Crippen LogP contribution < -0.4 is 5.32 Å². The summed E-state index contributed by atoms with van der Waals surface area (Å²) in [6.07, 6.45) is 2.37. The van der Waals surface area contributed by atoms with Crippen molar-refractivity contribution in [2.75, 3.05) is 6.54 Å². The summed E-state index contributed by atoms with van der Waals surface area (Å²) in [5.41, 5.74) is 2.04. The molecule has 1 aromatic heterocycles. The number of benzene rings is 1. The fourth-order valence-corrected chi connectivity index (χ4v) is 2.60. The van der Waals surface area contributed by atoms with Gasteiger partial charge in [0.15, 0.2) is 0 Å². The molecule has 0 radical (unpaired) electrons. The van der Waals surface area contributed by atoms with Crippen molar-refractivity contribution in [2.24, 2.45) is 0 Å². The Hall–Kier alpha value is -1.13. The summed E-state index contributed by atoms with van der Waals surface area (Å²) in [5.74, 6) is 0.682. The van der Waals surface area contributed by atoms with E-state index in [9.17, 15) is 4.39 Å². The van der Waals surface area contributed by atoms with Crippen LogP contribution in [-0.2, 0) is 6.42 Å². The van der Waals surface area contributed by atoms with E-state index in [0.29, 0.717) is 10.9 Å². The van der Waals surface area contributed by atoms with Crippen LogP contribution in [0.25, 0.3) is 0 Å². The van der Waals surface area contributed by atoms with Crippen LogP contribution in [0.4, 0.5) is 4.39 Å². The molecule has 0 spiro atoms. The van der Waals surface area contributed by atoms with Crippen LogP contribution in [0.15, 0.2) is 39.4 Å². The summed E-state index contributed by atoms with van der Waals surface area (Å²) in [6, 6.07) is 7.11. The summed E-state index contributed by atoms with van der Waals surface area (Å²) in [5, 5.41) is 3.38. The third-order valence-electron chi connectivity index (χ3n) is 3.12. The first-order chi connectivity index (χ1) is 9.13. The van der Waals surface area contributed by atoms with Gasteiger partial charge in [-0.05, 0) is 59.1 Å². The minimum Gasteiger partial charge on any atom is -0.467 e. The highest BCUT2D eigenvalue weighted by atomic mass is 79.9. The molecule has 0 aliphatic heterocycles. The average Bonchev–Trinajstić information content (AvgIpc) is 2.80. The van der Waals surface area contributed by atoms with Crippen molar-refractivity contribution in [2.45, 2.75) is 26.3 Å². The zero-order valence-corrected chi connectivity index (χ0v) is 12.6. The molecule has 2 rings (SSSR count). The lowest BCUT2D eigenvalue weighted by atomic mass is 10.0. The number of hydrogen-bond acceptors (Lipinski definition) is 2. The second-order valence-electron chi connectivity index (χ2n) is 4.50. The lowest BCUT2D eigenvalue weighted by Crippen LogP contribution is -2.23. The van der Waals surface area contributed by atoms with Gasteiger partial charge in [-0.15, -0.1) is 0 Å². The molecule has 1 N–H and O–H groups in total. The molecule has 0 fully saturated rings. The molecule has 0 aliphatic rings. The zero-order chi connectivity index (χ0) is 13.8. The minimum atomic E-state index is -0.232. The van der Waals surface area contributed by atoms with Gasteiger partial charge in [-0.25, -0.2) is 4.39 Å². The Labute approximate surface area is 121 Å². The van der Waals surface area contributed by atoms with E-state index in [1.165, 1.54) is 6.07 Å². The molecule has 1 heterocycles. The van der Waals surface area contributed by atoms with E-state index in [4.69, 9.17) is 4.42 Å². The highest BCUT2D eigenvalue weighted by Crippen LogP contribution is 2.27. The Morgan fingerprint density at radius 2 is 2.16 bits per heavy atom. The molecule has 2 aromatic rings. The fraction of sp³-hybridized carbons (Fsp3) is 0.333. The van der Waals surface area contributed by atoms with Crippen LogP contribution >= 0.6 is 15.9 Å². The van der Waals surface area contributed by atoms with Crippen LogP contribution in [0.1, 0.15) is 29.9 Å². The molecule has 102 valence electrons. The predicted octanol–water partition coefficient (Wildman–Crippen LogP) is 4.38. The average molecular weight is 326 g/mol. The number of halogens is 2. The van der Waals surface area contributed by atoms with Crippen molar-refractivity contribution < 1.29 is 8.81 Å². The third kappa shape index (κ3) is 3.25. The maximum absolute atomic E-state index is 13.5. The molecule has 0 saturated heterocycles. The van der Waals surface area contributed by atoms with Crippen molar-refractivity contribution in [3.8, 4) is 0 Å². The van der Waals surface area contributed by atoms with Crippen molar-refractivity contribution >= 4 is 15.9 Å². The maximum atomic E-state index is 13.5. The second kappa shape index (κ2) is 6.35. The Kier molecular flexibility index (Phi) is 4.77. The highest BCUT2D eigenvalue weighted by molar-refractivity contribution is 9.10. The number of furan rings is 1. The summed E-state index contributed by atoms with van der Waals surface area (Å²) >= 11 is 3.31. The first-order valence-electron chi connectivity index (χ1n) is 6.33. The molecule has 0 saturated carbocycles. The largest absolute Gasteiger partial charge is 0.467 e. The first kappa shape index (κ1) is 14.3. The van der Waals surface area contributed by atoms with Crippen LogP contribution in [-0.4, -0.2) is 6.54 Å². The SMILES string of the molecule is CCNC(Cc1cccc(F)c1Br)c1occc1C. The fourth-order valence-electron chi connectivity index (χ4n) is 2.17. The minimum absolute atomic E-state index is 0.0538. The van der Waals surface area contributed by atoms with Gasteiger partial charge >= 0.3 is 0 Å². The molecule has 4 heteroatoms. The van der Waals surface area contributed by atoms with Gasteiger partial charge in [-0.1, -0.05) is 19.1 Å². The van der Waals surface area contributed by atoms with Crippen LogP contribution in [0.5, 0.6) is 0 Å². The highest BCUT2D eigenvalue weighted by Gasteiger charge is 2.18. The summed E-state index contributed by atoms with van der Waals surface area (Å²) < 4.78 is 19.6. The summed E-state index contributed by atoms with van der Waals surface area (Å²) in [4.78, 5) is 0. The van der Waals surface area contributed by atoms with Gasteiger partial charge in [0.25, 0.3) is 0 Å². The molecule has 0 aliphatic carbocycles. The van der Waals surface area contributed by atoms with Crippen LogP contribution in [0.3, 0.4) is 0 Å². The van der Waals surface area contributed by atoms with E-state index >= 15 is 0 Å². The molecule has 19 heavy (non-hydrogen) atoms. The number of likely N-dealkylation sites (N-methyl/N-ethyl adjacent to an activating group) is 1. The number of hydrogen-bond donors (Lipinski definition) is 1. The van der Waals surface area contributed by atoms with Crippen molar-refractivity contribution in [1.82, 2.24) is 5.32 Å². The van der Waals surface area contributed by atoms with E-state index in [1.807, 2.05) is 26.0 Å². The second-order valence-corrected chi connectivity index (χ2v) is 5.29. The van der Waals surface area contributed by atoms with Gasteiger partial charge in [-0.3, -0.25) is 0 Å². The van der Waals surface area contributed by atoms with Gasteiger partial charge in [0.1, 0.15) is 11.6 Å². The Balaban J connectivity index is 2.27. The van der Waals surface area contributed by atoms with Crippen LogP contribution in [0.2, 0.25) is 0 Å². The third-order valence-corrected chi connectivity index (χ3v) is 4.01. The van der Waals surface area contributed by atoms with Gasteiger partial charge in [0.2, 0.25) is 0 Å². The van der Waals surface area contributed by atoms with Gasteiger partial charge < -0.3 is 9.73 Å². The monoisotopic (exact) mass is 325 g/mol. The van der Waals surface area contributed by atoms with E-state index in [1.54, 1.807) is 12.3 Å². The number of nitrogens with one attached hydrogen (secondary N) is 1. The van der Waals surface area contributed by atoms with Crippen molar-refractivity contribution in [3.63, 3.8) is 0 Å². The number of aryl methyl sites for hydroxylation is 1. The molecular formula is C15H17BrFNO. The topological polar surface area (TPSA) is 25.2 Å². The maximum Gasteiger partial charge on any atom is 0.137 e. The van der Waals surface area contributed by atoms with E-state index in [0.717, 1.165) is 23.4 Å². The molecule has 1 unspecified atom stereocenters. The molecular weight excluding hydrogens is 309 g/mol. The first-order valence-corrected chi connectivity index (χ1v) is 7.13. The number of rotatable bonds is 5. The Morgan fingerprint density at radius 3 is 2.79 bits per heavy atom. The summed E-state index contributed by atoms with van der Waals surface area (Å²) in [7, 11) is 0. The lowest BCUT2D eigenvalue weighted by Gasteiger charge is -2.17. The van der Waals surface area contributed by atoms with Crippen LogP contribution in [0, 0.1) is 12.7 Å². The normalized spacial score (nSPS) is 12.6.